The monoisotopic (exact) mass is 484 g/mol. The van der Waals surface area contributed by atoms with Gasteiger partial charge in [-0.25, -0.2) is 4.39 Å². The van der Waals surface area contributed by atoms with Crippen molar-refractivity contribution in [2.45, 2.75) is 19.5 Å². The fourth-order valence-electron chi connectivity index (χ4n) is 3.35. The summed E-state index contributed by atoms with van der Waals surface area (Å²) in [5, 5.41) is 2.31. The Bertz CT molecular complexity index is 1020. The van der Waals surface area contributed by atoms with Crippen molar-refractivity contribution in [3.05, 3.63) is 58.9 Å². The molecule has 176 valence electrons. The van der Waals surface area contributed by atoms with Crippen molar-refractivity contribution in [3.63, 3.8) is 0 Å². The van der Waals surface area contributed by atoms with Crippen LogP contribution in [0.25, 0.3) is 0 Å². The number of ether oxygens (including phenoxy) is 2. The molecule has 1 heterocycles. The van der Waals surface area contributed by atoms with E-state index >= 15 is 0 Å². The average Bonchev–Trinajstić information content (AvgIpc) is 2.79. The Balaban J connectivity index is 1.49. The minimum absolute atomic E-state index is 0.123. The number of nitrogens with zero attached hydrogens (tertiary/aromatic N) is 1. The number of anilines is 1. The van der Waals surface area contributed by atoms with Crippen molar-refractivity contribution < 1.29 is 37.0 Å². The van der Waals surface area contributed by atoms with Gasteiger partial charge >= 0.3 is 12.6 Å². The number of alkyl halides is 2. The molecule has 1 saturated heterocycles. The van der Waals surface area contributed by atoms with Crippen LogP contribution in [0.1, 0.15) is 23.2 Å². The lowest BCUT2D eigenvalue weighted by molar-refractivity contribution is -0.152. The van der Waals surface area contributed by atoms with Crippen LogP contribution in [0.2, 0.25) is 5.02 Å². The first-order valence-electron chi connectivity index (χ1n) is 9.98. The normalized spacial score (nSPS) is 15.8. The van der Waals surface area contributed by atoms with Crippen LogP contribution < -0.4 is 10.1 Å². The SMILES string of the molecule is O=C(COC(=O)C1CCCN(C(=O)c2ccc(F)cc2)C1)Nc1ccc(OC(F)F)c(Cl)c1. The second-order valence-corrected chi connectivity index (χ2v) is 7.68. The minimum Gasteiger partial charge on any atom is -0.455 e. The molecule has 0 saturated carbocycles. The Morgan fingerprint density at radius 1 is 1.15 bits per heavy atom. The number of esters is 1. The van der Waals surface area contributed by atoms with Gasteiger partial charge in [-0.1, -0.05) is 11.6 Å². The fourth-order valence-corrected chi connectivity index (χ4v) is 3.58. The van der Waals surface area contributed by atoms with E-state index in [0.717, 1.165) is 0 Å². The van der Waals surface area contributed by atoms with E-state index in [4.69, 9.17) is 16.3 Å². The lowest BCUT2D eigenvalue weighted by atomic mass is 9.97. The van der Waals surface area contributed by atoms with Crippen molar-refractivity contribution in [1.82, 2.24) is 4.90 Å². The molecule has 1 fully saturated rings. The van der Waals surface area contributed by atoms with Crippen molar-refractivity contribution >= 4 is 35.1 Å². The summed E-state index contributed by atoms with van der Waals surface area (Å²) >= 11 is 5.83. The van der Waals surface area contributed by atoms with Crippen molar-refractivity contribution in [2.75, 3.05) is 25.0 Å². The molecule has 1 unspecified atom stereocenters. The molecule has 1 atom stereocenters. The van der Waals surface area contributed by atoms with Crippen molar-refractivity contribution in [2.24, 2.45) is 5.92 Å². The second-order valence-electron chi connectivity index (χ2n) is 7.28. The molecular weight excluding hydrogens is 465 g/mol. The van der Waals surface area contributed by atoms with Gasteiger partial charge in [0, 0.05) is 24.3 Å². The predicted octanol–water partition coefficient (Wildman–Crippen LogP) is 4.11. The lowest BCUT2D eigenvalue weighted by Crippen LogP contribution is -2.43. The molecule has 0 aliphatic carbocycles. The summed E-state index contributed by atoms with van der Waals surface area (Å²) in [6.07, 6.45) is 1.07. The number of piperidine rings is 1. The zero-order valence-corrected chi connectivity index (χ0v) is 18.0. The fraction of sp³-hybridized carbons (Fsp3) is 0.318. The summed E-state index contributed by atoms with van der Waals surface area (Å²) in [5.74, 6) is -2.90. The minimum atomic E-state index is -3.04. The van der Waals surface area contributed by atoms with Crippen LogP contribution in [-0.4, -0.2) is 49.0 Å². The zero-order valence-electron chi connectivity index (χ0n) is 17.2. The van der Waals surface area contributed by atoms with E-state index in [0.29, 0.717) is 24.9 Å². The molecule has 1 aliphatic rings. The highest BCUT2D eigenvalue weighted by molar-refractivity contribution is 6.32. The van der Waals surface area contributed by atoms with Gasteiger partial charge < -0.3 is 19.7 Å². The summed E-state index contributed by atoms with van der Waals surface area (Å²) < 4.78 is 46.9. The van der Waals surface area contributed by atoms with E-state index in [1.54, 1.807) is 0 Å². The standard InChI is InChI=1S/C22H20ClF3N2O5/c23-17-10-16(7-8-18(17)33-22(25)26)27-19(29)12-32-21(31)14-2-1-9-28(11-14)20(30)13-3-5-15(24)6-4-13/h3-8,10,14,22H,1-2,9,11-12H2,(H,27,29). The summed E-state index contributed by atoms with van der Waals surface area (Å²) in [6.45, 7) is -3.04. The lowest BCUT2D eigenvalue weighted by Gasteiger charge is -2.31. The van der Waals surface area contributed by atoms with Crippen LogP contribution in [0.4, 0.5) is 18.9 Å². The molecule has 3 rings (SSSR count). The van der Waals surface area contributed by atoms with Crippen molar-refractivity contribution in [1.29, 1.82) is 0 Å². The molecule has 2 aromatic carbocycles. The van der Waals surface area contributed by atoms with E-state index in [1.165, 1.54) is 47.4 Å². The third-order valence-electron chi connectivity index (χ3n) is 4.91. The molecule has 1 N–H and O–H groups in total. The van der Waals surface area contributed by atoms with Gasteiger partial charge in [0.1, 0.15) is 11.6 Å². The molecule has 1 aliphatic heterocycles. The highest BCUT2D eigenvalue weighted by Gasteiger charge is 2.30. The number of carbonyl (C=O) groups is 3. The Morgan fingerprint density at radius 3 is 2.55 bits per heavy atom. The number of benzene rings is 2. The van der Waals surface area contributed by atoms with Gasteiger partial charge in [0.25, 0.3) is 11.8 Å². The number of halogens is 4. The van der Waals surface area contributed by atoms with Gasteiger partial charge in [0.2, 0.25) is 0 Å². The van der Waals surface area contributed by atoms with Crippen LogP contribution >= 0.6 is 11.6 Å². The van der Waals surface area contributed by atoms with Crippen molar-refractivity contribution in [3.8, 4) is 5.75 Å². The Kier molecular flexibility index (Phi) is 8.16. The Morgan fingerprint density at radius 2 is 1.88 bits per heavy atom. The number of amides is 2. The second kappa shape index (κ2) is 11.0. The quantitative estimate of drug-likeness (QED) is 0.598. The van der Waals surface area contributed by atoms with Gasteiger partial charge in [-0.05, 0) is 55.3 Å². The molecule has 0 spiro atoms. The first-order chi connectivity index (χ1) is 15.7. The summed E-state index contributed by atoms with van der Waals surface area (Å²) in [6, 6.07) is 8.83. The predicted molar refractivity (Wildman–Crippen MR) is 113 cm³/mol. The number of hydrogen-bond acceptors (Lipinski definition) is 5. The topological polar surface area (TPSA) is 84.9 Å². The maximum absolute atomic E-state index is 13.1. The Labute approximate surface area is 192 Å². The van der Waals surface area contributed by atoms with Gasteiger partial charge in [0.05, 0.1) is 10.9 Å². The van der Waals surface area contributed by atoms with E-state index in [-0.39, 0.29) is 28.9 Å². The molecular formula is C22H20ClF3N2O5. The van der Waals surface area contributed by atoms with Crippen LogP contribution in [0.5, 0.6) is 5.75 Å². The summed E-state index contributed by atoms with van der Waals surface area (Å²) in [4.78, 5) is 38.6. The van der Waals surface area contributed by atoms with E-state index < -0.39 is 36.8 Å². The van der Waals surface area contributed by atoms with Crippen LogP contribution in [0.3, 0.4) is 0 Å². The van der Waals surface area contributed by atoms with E-state index in [2.05, 4.69) is 10.1 Å². The van der Waals surface area contributed by atoms with Gasteiger partial charge in [-0.3, -0.25) is 14.4 Å². The molecule has 0 bridgehead atoms. The highest BCUT2D eigenvalue weighted by Crippen LogP contribution is 2.29. The maximum atomic E-state index is 13.1. The third-order valence-corrected chi connectivity index (χ3v) is 5.21. The van der Waals surface area contributed by atoms with Gasteiger partial charge in [-0.2, -0.15) is 8.78 Å². The smallest absolute Gasteiger partial charge is 0.387 e. The van der Waals surface area contributed by atoms with Gasteiger partial charge in [0.15, 0.2) is 6.61 Å². The average molecular weight is 485 g/mol. The van der Waals surface area contributed by atoms with E-state index in [1.807, 2.05) is 0 Å². The first-order valence-corrected chi connectivity index (χ1v) is 10.4. The number of nitrogens with one attached hydrogen (secondary N) is 1. The van der Waals surface area contributed by atoms with Crippen LogP contribution in [0.15, 0.2) is 42.5 Å². The first kappa shape index (κ1) is 24.4. The highest BCUT2D eigenvalue weighted by atomic mass is 35.5. The largest absolute Gasteiger partial charge is 0.455 e. The molecule has 33 heavy (non-hydrogen) atoms. The van der Waals surface area contributed by atoms with E-state index in [9.17, 15) is 27.6 Å². The molecule has 0 radical (unpaired) electrons. The molecule has 7 nitrogen and oxygen atoms in total. The molecule has 2 aromatic rings. The summed E-state index contributed by atoms with van der Waals surface area (Å²) in [7, 11) is 0. The number of carbonyl (C=O) groups excluding carboxylic acids is 3. The van der Waals surface area contributed by atoms with Crippen LogP contribution in [0, 0.1) is 11.7 Å². The van der Waals surface area contributed by atoms with Gasteiger partial charge in [-0.15, -0.1) is 0 Å². The molecule has 2 amide bonds. The zero-order chi connectivity index (χ0) is 24.0. The third kappa shape index (κ3) is 6.85. The Hall–Kier alpha value is -3.27. The summed E-state index contributed by atoms with van der Waals surface area (Å²) in [5.41, 5.74) is 0.518. The van der Waals surface area contributed by atoms with Crippen LogP contribution in [-0.2, 0) is 14.3 Å². The number of likely N-dealkylation sites (tertiary alicyclic amines) is 1. The maximum Gasteiger partial charge on any atom is 0.387 e. The molecule has 11 heteroatoms. The number of hydrogen-bond donors (Lipinski definition) is 1. The number of rotatable bonds is 7. The molecule has 0 aromatic heterocycles.